The molecule has 0 unspecified atom stereocenters. The van der Waals surface area contributed by atoms with Gasteiger partial charge in [-0.25, -0.2) is 27.0 Å². The third kappa shape index (κ3) is 3.19. The molecule has 0 aliphatic rings. The van der Waals surface area contributed by atoms with Crippen LogP contribution in [-0.4, -0.2) is 18.2 Å². The molecule has 124 valence electrons. The van der Waals surface area contributed by atoms with Crippen molar-refractivity contribution in [3.63, 3.8) is 0 Å². The normalized spacial score (nSPS) is 11.8. The van der Waals surface area contributed by atoms with Crippen molar-refractivity contribution in [2.24, 2.45) is 5.14 Å². The summed E-state index contributed by atoms with van der Waals surface area (Å²) >= 11 is 0. The van der Waals surface area contributed by atoms with Gasteiger partial charge in [-0.15, -0.1) is 0 Å². The van der Waals surface area contributed by atoms with Crippen LogP contribution in [0.1, 0.15) is 12.1 Å². The van der Waals surface area contributed by atoms with E-state index in [1.165, 1.54) is 35.1 Å². The Morgan fingerprint density at radius 3 is 2.17 bits per heavy atom. The first-order valence-electron chi connectivity index (χ1n) is 6.92. The maximum Gasteiger partial charge on any atom is 0.282 e. The van der Waals surface area contributed by atoms with Crippen LogP contribution in [0.3, 0.4) is 0 Å². The molecule has 24 heavy (non-hydrogen) atoms. The number of hydrogen-bond donors (Lipinski definition) is 1. The first-order chi connectivity index (χ1) is 11.4. The lowest BCUT2D eigenvalue weighted by Crippen LogP contribution is -2.12. The number of nitrogens with zero attached hydrogens (tertiary/aromatic N) is 2. The van der Waals surface area contributed by atoms with E-state index in [9.17, 15) is 17.2 Å². The fraction of sp³-hybridized carbons (Fsp3) is 0.0625. The van der Waals surface area contributed by atoms with E-state index >= 15 is 0 Å². The molecular weight excluding hydrogens is 336 g/mol. The third-order valence-electron chi connectivity index (χ3n) is 3.46. The monoisotopic (exact) mass is 349 g/mol. The second kappa shape index (κ2) is 6.14. The summed E-state index contributed by atoms with van der Waals surface area (Å²) in [5.41, 5.74) is 1.06. The number of aromatic nitrogens is 2. The summed E-state index contributed by atoms with van der Waals surface area (Å²) < 4.78 is 50.4. The van der Waals surface area contributed by atoms with E-state index in [0.29, 0.717) is 16.8 Å². The molecular formula is C16H13F2N3O2S. The largest absolute Gasteiger partial charge is 0.282 e. The minimum Gasteiger partial charge on any atom is -0.240 e. The van der Waals surface area contributed by atoms with Crippen LogP contribution in [-0.2, 0) is 10.0 Å². The van der Waals surface area contributed by atoms with Crippen molar-refractivity contribution in [1.29, 1.82) is 0 Å². The van der Waals surface area contributed by atoms with Crippen LogP contribution in [0.15, 0.2) is 65.7 Å². The molecule has 0 saturated heterocycles. The Labute approximate surface area is 137 Å². The molecule has 0 atom stereocenters. The van der Waals surface area contributed by atoms with Crippen LogP contribution in [0.25, 0.3) is 16.8 Å². The molecule has 2 N–H and O–H groups in total. The van der Waals surface area contributed by atoms with E-state index in [-0.39, 0.29) is 10.6 Å². The molecule has 0 aliphatic carbocycles. The van der Waals surface area contributed by atoms with Crippen LogP contribution < -0.4 is 5.14 Å². The van der Waals surface area contributed by atoms with Crippen molar-refractivity contribution in [3.8, 4) is 16.8 Å². The lowest BCUT2D eigenvalue weighted by atomic mass is 10.1. The molecule has 0 amide bonds. The van der Waals surface area contributed by atoms with Gasteiger partial charge in [0.15, 0.2) is 0 Å². The van der Waals surface area contributed by atoms with Gasteiger partial charge < -0.3 is 0 Å². The summed E-state index contributed by atoms with van der Waals surface area (Å²) in [6.45, 7) is 0. The van der Waals surface area contributed by atoms with Crippen LogP contribution in [0, 0.1) is 0 Å². The molecule has 0 spiro atoms. The van der Waals surface area contributed by atoms with E-state index < -0.39 is 16.4 Å². The van der Waals surface area contributed by atoms with Gasteiger partial charge in [-0.05, 0) is 29.8 Å². The van der Waals surface area contributed by atoms with E-state index in [0.717, 1.165) is 0 Å². The Morgan fingerprint density at radius 2 is 1.62 bits per heavy atom. The highest BCUT2D eigenvalue weighted by atomic mass is 32.2. The maximum absolute atomic E-state index is 13.3. The fourth-order valence-corrected chi connectivity index (χ4v) is 2.82. The van der Waals surface area contributed by atoms with E-state index in [4.69, 9.17) is 5.14 Å². The summed E-state index contributed by atoms with van der Waals surface area (Å²) in [5, 5.41) is 8.97. The zero-order chi connectivity index (χ0) is 17.3. The Balaban J connectivity index is 2.07. The highest BCUT2D eigenvalue weighted by Gasteiger charge is 2.20. The zero-order valence-electron chi connectivity index (χ0n) is 12.3. The number of hydrogen-bond acceptors (Lipinski definition) is 3. The molecule has 0 fully saturated rings. The average Bonchev–Trinajstić information content (AvgIpc) is 3.00. The molecule has 8 heteroatoms. The van der Waals surface area contributed by atoms with Gasteiger partial charge in [0.05, 0.1) is 10.6 Å². The van der Waals surface area contributed by atoms with E-state index in [1.807, 2.05) is 0 Å². The van der Waals surface area contributed by atoms with Crippen molar-refractivity contribution in [3.05, 3.63) is 66.5 Å². The molecule has 5 nitrogen and oxygen atoms in total. The minimum absolute atomic E-state index is 0.0595. The van der Waals surface area contributed by atoms with Crippen LogP contribution in [0.4, 0.5) is 8.78 Å². The molecule has 0 saturated carbocycles. The SMILES string of the molecule is NS(=O)(=O)c1ccc(-n2cc(-c3ccccc3)c(C(F)F)n2)cc1. The summed E-state index contributed by atoms with van der Waals surface area (Å²) in [6.07, 6.45) is -1.24. The Hall–Kier alpha value is -2.58. The maximum atomic E-state index is 13.3. The van der Waals surface area contributed by atoms with Crippen molar-refractivity contribution in [2.75, 3.05) is 0 Å². The van der Waals surface area contributed by atoms with Crippen LogP contribution >= 0.6 is 0 Å². The summed E-state index contributed by atoms with van der Waals surface area (Å²) in [4.78, 5) is -0.0595. The van der Waals surface area contributed by atoms with Gasteiger partial charge in [-0.1, -0.05) is 30.3 Å². The second-order valence-corrected chi connectivity index (χ2v) is 6.64. The van der Waals surface area contributed by atoms with Crippen molar-refractivity contribution in [2.45, 2.75) is 11.3 Å². The van der Waals surface area contributed by atoms with E-state index in [2.05, 4.69) is 5.10 Å². The number of rotatable bonds is 4. The predicted octanol–water partition coefficient (Wildman–Crippen LogP) is 3.12. The predicted molar refractivity (Wildman–Crippen MR) is 85.3 cm³/mol. The summed E-state index contributed by atoms with van der Waals surface area (Å²) in [7, 11) is -3.81. The number of sulfonamides is 1. The fourth-order valence-electron chi connectivity index (χ4n) is 2.31. The van der Waals surface area contributed by atoms with Gasteiger partial charge in [-0.2, -0.15) is 5.10 Å². The van der Waals surface area contributed by atoms with E-state index in [1.54, 1.807) is 30.3 Å². The van der Waals surface area contributed by atoms with Gasteiger partial charge in [-0.3, -0.25) is 0 Å². The molecule has 2 aromatic carbocycles. The topological polar surface area (TPSA) is 78.0 Å². The zero-order valence-corrected chi connectivity index (χ0v) is 13.1. The standard InChI is InChI=1S/C16H13F2N3O2S/c17-16(18)15-14(11-4-2-1-3-5-11)10-21(20-15)12-6-8-13(9-7-12)24(19,22)23/h1-10,16H,(H2,19,22,23). The lowest BCUT2D eigenvalue weighted by molar-refractivity contribution is 0.146. The Morgan fingerprint density at radius 1 is 1.00 bits per heavy atom. The van der Waals surface area contributed by atoms with Gasteiger partial charge in [0.1, 0.15) is 5.69 Å². The first kappa shape index (κ1) is 16.3. The Bertz CT molecular complexity index is 953. The molecule has 1 aromatic heterocycles. The molecule has 0 radical (unpaired) electrons. The number of nitrogens with two attached hydrogens (primary N) is 1. The van der Waals surface area contributed by atoms with Crippen molar-refractivity contribution < 1.29 is 17.2 Å². The third-order valence-corrected chi connectivity index (χ3v) is 4.39. The van der Waals surface area contributed by atoms with Gasteiger partial charge >= 0.3 is 0 Å². The second-order valence-electron chi connectivity index (χ2n) is 5.08. The highest BCUT2D eigenvalue weighted by molar-refractivity contribution is 7.89. The van der Waals surface area contributed by atoms with Crippen LogP contribution in [0.5, 0.6) is 0 Å². The highest BCUT2D eigenvalue weighted by Crippen LogP contribution is 2.31. The minimum atomic E-state index is -3.81. The number of halogens is 2. The lowest BCUT2D eigenvalue weighted by Gasteiger charge is -2.02. The van der Waals surface area contributed by atoms with Crippen molar-refractivity contribution >= 4 is 10.0 Å². The number of primary sulfonamides is 1. The molecule has 0 bridgehead atoms. The average molecular weight is 349 g/mol. The molecule has 1 heterocycles. The molecule has 3 aromatic rings. The van der Waals surface area contributed by atoms with Gasteiger partial charge in [0.25, 0.3) is 6.43 Å². The molecule has 0 aliphatic heterocycles. The summed E-state index contributed by atoms with van der Waals surface area (Å²) in [5.74, 6) is 0. The Kier molecular flexibility index (Phi) is 4.16. The van der Waals surface area contributed by atoms with Crippen LogP contribution in [0.2, 0.25) is 0 Å². The first-order valence-corrected chi connectivity index (χ1v) is 8.47. The van der Waals surface area contributed by atoms with Gasteiger partial charge in [0.2, 0.25) is 10.0 Å². The molecule has 3 rings (SSSR count). The quantitative estimate of drug-likeness (QED) is 0.786. The number of alkyl halides is 2. The van der Waals surface area contributed by atoms with Gasteiger partial charge in [0, 0.05) is 11.8 Å². The number of benzene rings is 2. The van der Waals surface area contributed by atoms with Crippen molar-refractivity contribution in [1.82, 2.24) is 9.78 Å². The smallest absolute Gasteiger partial charge is 0.240 e. The summed E-state index contributed by atoms with van der Waals surface area (Å²) in [6, 6.07) is 14.3.